The van der Waals surface area contributed by atoms with Gasteiger partial charge in [0.25, 0.3) is 0 Å². The van der Waals surface area contributed by atoms with Crippen molar-refractivity contribution < 1.29 is 26.4 Å². The van der Waals surface area contributed by atoms with Crippen molar-refractivity contribution in [3.8, 4) is 0 Å². The smallest absolute Gasteiger partial charge is 0.350 e. The van der Waals surface area contributed by atoms with Crippen LogP contribution >= 0.6 is 0 Å². The summed E-state index contributed by atoms with van der Waals surface area (Å²) in [4.78, 5) is 11.9. The van der Waals surface area contributed by atoms with Crippen molar-refractivity contribution in [1.82, 2.24) is 9.62 Å². The molecular weight excluding hydrogens is 417 g/mol. The third kappa shape index (κ3) is 6.30. The van der Waals surface area contributed by atoms with Crippen LogP contribution < -0.4 is 5.32 Å². The number of carbonyl (C=O) groups is 1. The lowest BCUT2D eigenvalue weighted by atomic mass is 10.1. The Morgan fingerprint density at radius 3 is 2.33 bits per heavy atom. The van der Waals surface area contributed by atoms with Crippen molar-refractivity contribution in [3.63, 3.8) is 0 Å². The molecule has 1 unspecified atom stereocenters. The number of halogens is 3. The molecule has 5 nitrogen and oxygen atoms in total. The van der Waals surface area contributed by atoms with Crippen LogP contribution in [0.15, 0.2) is 59.5 Å². The van der Waals surface area contributed by atoms with Crippen molar-refractivity contribution in [3.05, 3.63) is 65.7 Å². The van der Waals surface area contributed by atoms with Gasteiger partial charge in [0, 0.05) is 19.5 Å². The van der Waals surface area contributed by atoms with Crippen LogP contribution in [0.1, 0.15) is 43.9 Å². The highest BCUT2D eigenvalue weighted by atomic mass is 32.2. The number of hydrogen-bond donors (Lipinski definition) is 1. The summed E-state index contributed by atoms with van der Waals surface area (Å²) >= 11 is 0. The second-order valence-electron chi connectivity index (χ2n) is 6.88. The third-order valence-corrected chi connectivity index (χ3v) is 6.43. The fourth-order valence-electron chi connectivity index (χ4n) is 2.95. The van der Waals surface area contributed by atoms with Gasteiger partial charge in [-0.2, -0.15) is 17.5 Å². The topological polar surface area (TPSA) is 66.5 Å². The number of alkyl halides is 3. The van der Waals surface area contributed by atoms with Crippen LogP contribution in [0.2, 0.25) is 0 Å². The maximum Gasteiger partial charge on any atom is 0.416 e. The lowest BCUT2D eigenvalue weighted by molar-refractivity contribution is -0.137. The number of nitrogens with one attached hydrogen (secondary N) is 1. The van der Waals surface area contributed by atoms with Crippen LogP contribution in [-0.4, -0.2) is 31.7 Å². The standard InChI is InChI=1S/C21H25F3N2O3S/c1-3-13-26(14-12-20(27)25-16(2)17-8-5-4-6-9-17)30(28,29)19-11-7-10-18(15-19)21(22,23)24/h4-11,15-16H,3,12-14H2,1-2H3,(H,25,27). The summed E-state index contributed by atoms with van der Waals surface area (Å²) in [5.74, 6) is -0.341. The number of benzene rings is 2. The summed E-state index contributed by atoms with van der Waals surface area (Å²) in [6.45, 7) is 3.54. The molecule has 0 aromatic heterocycles. The second kappa shape index (κ2) is 10.1. The zero-order chi connectivity index (χ0) is 22.4. The molecule has 0 saturated heterocycles. The van der Waals surface area contributed by atoms with Crippen LogP contribution in [0.4, 0.5) is 13.2 Å². The first-order valence-electron chi connectivity index (χ1n) is 9.57. The molecule has 0 radical (unpaired) electrons. The Morgan fingerprint density at radius 1 is 1.07 bits per heavy atom. The molecular formula is C21H25F3N2O3S. The van der Waals surface area contributed by atoms with Gasteiger partial charge in [-0.25, -0.2) is 8.42 Å². The van der Waals surface area contributed by atoms with Gasteiger partial charge in [0.1, 0.15) is 0 Å². The fraction of sp³-hybridized carbons (Fsp3) is 0.381. The average molecular weight is 443 g/mol. The summed E-state index contributed by atoms with van der Waals surface area (Å²) in [5, 5.41) is 2.80. The maximum absolute atomic E-state index is 13.0. The van der Waals surface area contributed by atoms with E-state index < -0.39 is 26.7 Å². The van der Waals surface area contributed by atoms with Crippen molar-refractivity contribution in [2.45, 2.75) is 43.8 Å². The molecule has 2 aromatic rings. The Kier molecular flexibility index (Phi) is 8.03. The number of nitrogens with zero attached hydrogens (tertiary/aromatic N) is 1. The molecule has 0 heterocycles. The van der Waals surface area contributed by atoms with E-state index in [0.717, 1.165) is 28.1 Å². The molecule has 0 aliphatic carbocycles. The summed E-state index contributed by atoms with van der Waals surface area (Å²) in [5.41, 5.74) is -0.123. The fourth-order valence-corrected chi connectivity index (χ4v) is 4.53. The number of amides is 1. The summed E-state index contributed by atoms with van der Waals surface area (Å²) in [6, 6.07) is 12.7. The van der Waals surface area contributed by atoms with E-state index in [-0.39, 0.29) is 31.5 Å². The first-order chi connectivity index (χ1) is 14.1. The molecule has 0 spiro atoms. The first-order valence-corrected chi connectivity index (χ1v) is 11.0. The van der Waals surface area contributed by atoms with Crippen molar-refractivity contribution >= 4 is 15.9 Å². The second-order valence-corrected chi connectivity index (χ2v) is 8.82. The van der Waals surface area contributed by atoms with E-state index in [2.05, 4.69) is 5.32 Å². The minimum absolute atomic E-state index is 0.0973. The van der Waals surface area contributed by atoms with Crippen LogP contribution in [0.5, 0.6) is 0 Å². The Hall–Kier alpha value is -2.39. The molecule has 2 aromatic carbocycles. The maximum atomic E-state index is 13.0. The molecule has 164 valence electrons. The van der Waals surface area contributed by atoms with E-state index in [1.807, 2.05) is 37.3 Å². The zero-order valence-corrected chi connectivity index (χ0v) is 17.6. The van der Waals surface area contributed by atoms with Gasteiger partial charge in [-0.15, -0.1) is 0 Å². The Morgan fingerprint density at radius 2 is 1.73 bits per heavy atom. The molecule has 0 bridgehead atoms. The molecule has 1 atom stereocenters. The Balaban J connectivity index is 2.10. The predicted molar refractivity (Wildman–Crippen MR) is 108 cm³/mol. The van der Waals surface area contributed by atoms with Gasteiger partial charge in [-0.05, 0) is 37.1 Å². The number of sulfonamides is 1. The largest absolute Gasteiger partial charge is 0.416 e. The number of hydrogen-bond acceptors (Lipinski definition) is 3. The van der Waals surface area contributed by atoms with Crippen LogP contribution in [-0.2, 0) is 21.0 Å². The van der Waals surface area contributed by atoms with Crippen molar-refractivity contribution in [2.24, 2.45) is 0 Å². The summed E-state index contributed by atoms with van der Waals surface area (Å²) in [7, 11) is -4.17. The molecule has 2 rings (SSSR count). The zero-order valence-electron chi connectivity index (χ0n) is 16.8. The lowest BCUT2D eigenvalue weighted by Gasteiger charge is -2.22. The lowest BCUT2D eigenvalue weighted by Crippen LogP contribution is -2.36. The van der Waals surface area contributed by atoms with Gasteiger partial charge in [0.2, 0.25) is 15.9 Å². The van der Waals surface area contributed by atoms with Gasteiger partial charge in [0.05, 0.1) is 16.5 Å². The Bertz CT molecular complexity index is 947. The van der Waals surface area contributed by atoms with Gasteiger partial charge in [-0.1, -0.05) is 43.3 Å². The normalized spacial score (nSPS) is 13.3. The molecule has 0 aliphatic heterocycles. The van der Waals surface area contributed by atoms with Gasteiger partial charge in [-0.3, -0.25) is 4.79 Å². The van der Waals surface area contributed by atoms with E-state index in [1.54, 1.807) is 6.92 Å². The van der Waals surface area contributed by atoms with E-state index in [0.29, 0.717) is 12.5 Å². The molecule has 0 aliphatic rings. The number of rotatable bonds is 9. The van der Waals surface area contributed by atoms with E-state index >= 15 is 0 Å². The SMILES string of the molecule is CCCN(CCC(=O)NC(C)c1ccccc1)S(=O)(=O)c1cccc(C(F)(F)F)c1. The van der Waals surface area contributed by atoms with Gasteiger partial charge >= 0.3 is 6.18 Å². The van der Waals surface area contributed by atoms with Crippen LogP contribution in [0.3, 0.4) is 0 Å². The Labute approximate surface area is 175 Å². The minimum atomic E-state index is -4.64. The van der Waals surface area contributed by atoms with E-state index in [4.69, 9.17) is 0 Å². The molecule has 1 N–H and O–H groups in total. The molecule has 0 fully saturated rings. The third-order valence-electron chi connectivity index (χ3n) is 4.54. The molecule has 9 heteroatoms. The summed E-state index contributed by atoms with van der Waals surface area (Å²) < 4.78 is 65.7. The quantitative estimate of drug-likeness (QED) is 0.627. The highest BCUT2D eigenvalue weighted by Crippen LogP contribution is 2.31. The highest BCUT2D eigenvalue weighted by molar-refractivity contribution is 7.89. The highest BCUT2D eigenvalue weighted by Gasteiger charge is 2.33. The van der Waals surface area contributed by atoms with Gasteiger partial charge in [0.15, 0.2) is 0 Å². The molecule has 0 saturated carbocycles. The van der Waals surface area contributed by atoms with Gasteiger partial charge < -0.3 is 5.32 Å². The molecule has 30 heavy (non-hydrogen) atoms. The monoisotopic (exact) mass is 442 g/mol. The summed E-state index contributed by atoms with van der Waals surface area (Å²) in [6.07, 6.45) is -4.29. The van der Waals surface area contributed by atoms with Crippen molar-refractivity contribution in [1.29, 1.82) is 0 Å². The number of carbonyl (C=O) groups excluding carboxylic acids is 1. The van der Waals surface area contributed by atoms with E-state index in [9.17, 15) is 26.4 Å². The van der Waals surface area contributed by atoms with Crippen molar-refractivity contribution in [2.75, 3.05) is 13.1 Å². The minimum Gasteiger partial charge on any atom is -0.350 e. The predicted octanol–water partition coefficient (Wildman–Crippen LogP) is 4.37. The van der Waals surface area contributed by atoms with Crippen LogP contribution in [0, 0.1) is 0 Å². The van der Waals surface area contributed by atoms with Crippen LogP contribution in [0.25, 0.3) is 0 Å². The average Bonchev–Trinajstić information content (AvgIpc) is 2.71. The van der Waals surface area contributed by atoms with E-state index in [1.165, 1.54) is 0 Å². The molecule has 1 amide bonds. The first kappa shape index (κ1) is 23.9.